The molecule has 1 unspecified atom stereocenters. The van der Waals surface area contributed by atoms with Crippen LogP contribution in [0.2, 0.25) is 0 Å². The summed E-state index contributed by atoms with van der Waals surface area (Å²) in [5.41, 5.74) is 1.45. The first-order valence-electron chi connectivity index (χ1n) is 8.48. The molecular formula is C19H19F3N2O3. The van der Waals surface area contributed by atoms with E-state index in [1.54, 1.807) is 25.1 Å². The number of nitrogens with zero attached hydrogens (tertiary/aromatic N) is 1. The first-order valence-corrected chi connectivity index (χ1v) is 8.48. The van der Waals surface area contributed by atoms with Gasteiger partial charge >= 0.3 is 6.18 Å². The summed E-state index contributed by atoms with van der Waals surface area (Å²) in [5, 5.41) is 12.4. The summed E-state index contributed by atoms with van der Waals surface area (Å²) in [6.07, 6.45) is -2.49. The zero-order valence-electron chi connectivity index (χ0n) is 14.5. The number of phenols is 1. The van der Waals surface area contributed by atoms with Crippen LogP contribution in [0.5, 0.6) is 11.5 Å². The second-order valence-corrected chi connectivity index (χ2v) is 6.60. The molecule has 0 aliphatic heterocycles. The number of aromatic nitrogens is 1. The van der Waals surface area contributed by atoms with Gasteiger partial charge < -0.3 is 15.2 Å². The lowest BCUT2D eigenvalue weighted by Gasteiger charge is -2.14. The number of benzene rings is 1. The van der Waals surface area contributed by atoms with E-state index in [1.165, 1.54) is 18.3 Å². The maximum atomic E-state index is 12.4. The predicted molar refractivity (Wildman–Crippen MR) is 91.3 cm³/mol. The van der Waals surface area contributed by atoms with Crippen LogP contribution >= 0.6 is 0 Å². The lowest BCUT2D eigenvalue weighted by molar-refractivity contribution is -0.153. The number of carbonyl (C=O) groups is 1. The number of halogens is 3. The maximum absolute atomic E-state index is 12.4. The number of hydrogen-bond acceptors (Lipinski definition) is 4. The van der Waals surface area contributed by atoms with Gasteiger partial charge in [0.15, 0.2) is 6.61 Å². The third-order valence-corrected chi connectivity index (χ3v) is 4.39. The number of carbonyl (C=O) groups excluding carboxylic acids is 1. The molecule has 5 nitrogen and oxygen atoms in total. The number of aromatic hydroxyl groups is 1. The molecule has 2 aromatic rings. The van der Waals surface area contributed by atoms with E-state index in [2.05, 4.69) is 15.0 Å². The molecule has 1 aromatic carbocycles. The van der Waals surface area contributed by atoms with E-state index < -0.39 is 12.8 Å². The Morgan fingerprint density at radius 1 is 1.37 bits per heavy atom. The largest absolute Gasteiger partial charge is 0.508 e. The summed E-state index contributed by atoms with van der Waals surface area (Å²) in [6.45, 7) is 0.376. The van der Waals surface area contributed by atoms with E-state index >= 15 is 0 Å². The molecule has 1 aliphatic rings. The molecular weight excluding hydrogens is 361 g/mol. The number of ether oxygens (including phenoxy) is 1. The van der Waals surface area contributed by atoms with Crippen LogP contribution in [0.3, 0.4) is 0 Å². The third-order valence-electron chi connectivity index (χ3n) is 4.39. The van der Waals surface area contributed by atoms with Gasteiger partial charge in [-0.05, 0) is 49.1 Å². The molecule has 0 bridgehead atoms. The Kier molecular flexibility index (Phi) is 5.25. The van der Waals surface area contributed by atoms with Crippen molar-refractivity contribution in [2.75, 3.05) is 6.61 Å². The maximum Gasteiger partial charge on any atom is 0.422 e. The molecule has 1 aromatic heterocycles. The minimum atomic E-state index is -4.41. The summed E-state index contributed by atoms with van der Waals surface area (Å²) in [5.74, 6) is -0.0150. The van der Waals surface area contributed by atoms with Crippen molar-refractivity contribution in [3.63, 3.8) is 0 Å². The van der Waals surface area contributed by atoms with Gasteiger partial charge in [-0.25, -0.2) is 0 Å². The van der Waals surface area contributed by atoms with Gasteiger partial charge in [-0.15, -0.1) is 0 Å². The molecule has 1 saturated carbocycles. The summed E-state index contributed by atoms with van der Waals surface area (Å²) in [7, 11) is 0. The molecule has 3 rings (SSSR count). The lowest BCUT2D eigenvalue weighted by Crippen LogP contribution is -2.29. The van der Waals surface area contributed by atoms with E-state index in [0.717, 1.165) is 5.56 Å². The first kappa shape index (κ1) is 19.0. The van der Waals surface area contributed by atoms with Crippen LogP contribution in [0.1, 0.15) is 36.6 Å². The zero-order valence-corrected chi connectivity index (χ0v) is 14.5. The van der Waals surface area contributed by atoms with Crippen molar-refractivity contribution in [1.82, 2.24) is 10.3 Å². The Hall–Kier alpha value is -2.77. The fourth-order valence-electron chi connectivity index (χ4n) is 2.90. The van der Waals surface area contributed by atoms with Crippen LogP contribution < -0.4 is 10.1 Å². The highest BCUT2D eigenvalue weighted by atomic mass is 19.4. The Bertz CT molecular complexity index is 809. The van der Waals surface area contributed by atoms with Crippen LogP contribution in [-0.2, 0) is 4.79 Å². The van der Waals surface area contributed by atoms with Crippen molar-refractivity contribution in [1.29, 1.82) is 0 Å². The number of pyridine rings is 1. The van der Waals surface area contributed by atoms with Crippen LogP contribution in [-0.4, -0.2) is 28.8 Å². The fourth-order valence-corrected chi connectivity index (χ4v) is 2.90. The number of nitrogens with one attached hydrogen (secondary N) is 1. The van der Waals surface area contributed by atoms with Gasteiger partial charge in [-0.3, -0.25) is 9.78 Å². The molecule has 144 valence electrons. The second kappa shape index (κ2) is 7.46. The Balaban J connectivity index is 1.53. The molecule has 1 heterocycles. The van der Waals surface area contributed by atoms with Crippen molar-refractivity contribution in [3.05, 3.63) is 53.9 Å². The molecule has 0 spiro atoms. The standard InChI is InChI=1S/C19H19F3N2O3/c1-11(17-6-5-14(9-23-17)27-10-19(20,21)22)24-18(26)16-8-15(16)12-3-2-4-13(25)7-12/h2-7,9,11,15-16,25H,8,10H2,1H3,(H,24,26)/t11?,15-,16+/m1/s1. The predicted octanol–water partition coefficient (Wildman–Crippen LogP) is 3.71. The fraction of sp³-hybridized carbons (Fsp3) is 0.368. The van der Waals surface area contributed by atoms with E-state index in [1.807, 2.05) is 6.07 Å². The molecule has 0 saturated heterocycles. The van der Waals surface area contributed by atoms with Gasteiger partial charge in [0.25, 0.3) is 0 Å². The average molecular weight is 380 g/mol. The molecule has 3 atom stereocenters. The summed E-state index contributed by atoms with van der Waals surface area (Å²) in [6, 6.07) is 9.38. The second-order valence-electron chi connectivity index (χ2n) is 6.60. The van der Waals surface area contributed by atoms with Gasteiger partial charge in [0.05, 0.1) is 17.9 Å². The normalized spacial score (nSPS) is 20.0. The molecule has 27 heavy (non-hydrogen) atoms. The SMILES string of the molecule is CC(NC(=O)[C@H]1C[C@@H]1c1cccc(O)c1)c1ccc(OCC(F)(F)F)cn1. The lowest BCUT2D eigenvalue weighted by atomic mass is 10.1. The third kappa shape index (κ3) is 5.12. The summed E-state index contributed by atoms with van der Waals surface area (Å²) < 4.78 is 41.0. The van der Waals surface area contributed by atoms with Crippen molar-refractivity contribution in [3.8, 4) is 11.5 Å². The van der Waals surface area contributed by atoms with Gasteiger partial charge in [0, 0.05) is 5.92 Å². The van der Waals surface area contributed by atoms with Gasteiger partial charge in [-0.1, -0.05) is 12.1 Å². The minimum absolute atomic E-state index is 0.0146. The van der Waals surface area contributed by atoms with E-state index in [4.69, 9.17) is 0 Å². The van der Waals surface area contributed by atoms with Gasteiger partial charge in [0.2, 0.25) is 5.91 Å². The van der Waals surface area contributed by atoms with E-state index in [0.29, 0.717) is 12.1 Å². The van der Waals surface area contributed by atoms with Crippen molar-refractivity contribution in [2.24, 2.45) is 5.92 Å². The number of hydrogen-bond donors (Lipinski definition) is 2. The highest BCUT2D eigenvalue weighted by Gasteiger charge is 2.44. The highest BCUT2D eigenvalue weighted by Crippen LogP contribution is 2.48. The van der Waals surface area contributed by atoms with E-state index in [9.17, 15) is 23.1 Å². The van der Waals surface area contributed by atoms with Crippen molar-refractivity contribution in [2.45, 2.75) is 31.5 Å². The number of rotatable bonds is 6. The highest BCUT2D eigenvalue weighted by molar-refractivity contribution is 5.83. The molecule has 1 fully saturated rings. The Morgan fingerprint density at radius 2 is 2.15 bits per heavy atom. The van der Waals surface area contributed by atoms with Crippen LogP contribution in [0.4, 0.5) is 13.2 Å². The average Bonchev–Trinajstić information content (AvgIpc) is 3.41. The quantitative estimate of drug-likeness (QED) is 0.802. The number of amides is 1. The molecule has 1 amide bonds. The van der Waals surface area contributed by atoms with Crippen LogP contribution in [0, 0.1) is 5.92 Å². The topological polar surface area (TPSA) is 71.5 Å². The molecule has 2 N–H and O–H groups in total. The van der Waals surface area contributed by atoms with Gasteiger partial charge in [0.1, 0.15) is 11.5 Å². The number of alkyl halides is 3. The minimum Gasteiger partial charge on any atom is -0.508 e. The van der Waals surface area contributed by atoms with Crippen molar-refractivity contribution < 1.29 is 27.8 Å². The summed E-state index contributed by atoms with van der Waals surface area (Å²) >= 11 is 0. The first-order chi connectivity index (χ1) is 12.7. The van der Waals surface area contributed by atoms with Crippen LogP contribution in [0.15, 0.2) is 42.6 Å². The Morgan fingerprint density at radius 3 is 2.78 bits per heavy atom. The Labute approximate surface area is 154 Å². The van der Waals surface area contributed by atoms with Crippen LogP contribution in [0.25, 0.3) is 0 Å². The smallest absolute Gasteiger partial charge is 0.422 e. The number of phenolic OH excluding ortho intramolecular Hbond substituents is 1. The molecule has 8 heteroatoms. The monoisotopic (exact) mass is 380 g/mol. The molecule has 0 radical (unpaired) electrons. The zero-order chi connectivity index (χ0) is 19.6. The van der Waals surface area contributed by atoms with Gasteiger partial charge in [-0.2, -0.15) is 13.2 Å². The van der Waals surface area contributed by atoms with Crippen molar-refractivity contribution >= 4 is 5.91 Å². The summed E-state index contributed by atoms with van der Waals surface area (Å²) in [4.78, 5) is 16.4. The molecule has 1 aliphatic carbocycles. The van der Waals surface area contributed by atoms with E-state index in [-0.39, 0.29) is 35.3 Å².